The van der Waals surface area contributed by atoms with Crippen LogP contribution in [0.5, 0.6) is 0 Å². The van der Waals surface area contributed by atoms with E-state index in [-0.39, 0.29) is 6.09 Å². The Morgan fingerprint density at radius 2 is 1.93 bits per heavy atom. The largest absolute Gasteiger partial charge is 0.450 e. The first-order chi connectivity index (χ1) is 13.1. The second-order valence-electron chi connectivity index (χ2n) is 6.67. The number of aryl methyl sites for hydroxylation is 1. The van der Waals surface area contributed by atoms with E-state index in [1.165, 1.54) is 22.2 Å². The molecule has 7 nitrogen and oxygen atoms in total. The van der Waals surface area contributed by atoms with Gasteiger partial charge in [0.25, 0.3) is 0 Å². The van der Waals surface area contributed by atoms with Crippen molar-refractivity contribution in [2.24, 2.45) is 4.99 Å². The number of guanidine groups is 1. The van der Waals surface area contributed by atoms with Crippen LogP contribution in [0, 0.1) is 6.92 Å². The quantitative estimate of drug-likeness (QED) is 0.639. The minimum absolute atomic E-state index is 0.227. The molecule has 0 unspecified atom stereocenters. The highest BCUT2D eigenvalue weighted by Gasteiger charge is 2.23. The SMILES string of the molecule is CCOC(=O)N1CCN(C(=NC)NCCc2c(C)[nH]c3ccccc23)CC1. The van der Waals surface area contributed by atoms with Gasteiger partial charge in [0.2, 0.25) is 0 Å². The van der Waals surface area contributed by atoms with Crippen molar-refractivity contribution >= 4 is 23.0 Å². The topological polar surface area (TPSA) is 73.0 Å². The fourth-order valence-corrected chi connectivity index (χ4v) is 3.60. The molecule has 0 aliphatic carbocycles. The van der Waals surface area contributed by atoms with Gasteiger partial charge in [0, 0.05) is 56.4 Å². The summed E-state index contributed by atoms with van der Waals surface area (Å²) >= 11 is 0. The second-order valence-corrected chi connectivity index (χ2v) is 6.67. The molecule has 1 saturated heterocycles. The van der Waals surface area contributed by atoms with E-state index in [4.69, 9.17) is 4.74 Å². The predicted octanol–water partition coefficient (Wildman–Crippen LogP) is 2.37. The van der Waals surface area contributed by atoms with Crippen molar-refractivity contribution in [1.29, 1.82) is 0 Å². The number of nitrogens with zero attached hydrogens (tertiary/aromatic N) is 3. The van der Waals surface area contributed by atoms with Gasteiger partial charge in [0.15, 0.2) is 5.96 Å². The van der Waals surface area contributed by atoms with Crippen LogP contribution in [0.1, 0.15) is 18.2 Å². The van der Waals surface area contributed by atoms with Crippen molar-refractivity contribution in [2.45, 2.75) is 20.3 Å². The van der Waals surface area contributed by atoms with Crippen LogP contribution in [0.2, 0.25) is 0 Å². The fraction of sp³-hybridized carbons (Fsp3) is 0.500. The van der Waals surface area contributed by atoms with Crippen molar-refractivity contribution in [3.05, 3.63) is 35.5 Å². The van der Waals surface area contributed by atoms with Crippen LogP contribution in [0.3, 0.4) is 0 Å². The third kappa shape index (κ3) is 4.35. The molecule has 1 amide bonds. The number of nitrogens with one attached hydrogen (secondary N) is 2. The van der Waals surface area contributed by atoms with Crippen LogP contribution in [-0.4, -0.2) is 73.2 Å². The minimum atomic E-state index is -0.227. The van der Waals surface area contributed by atoms with Crippen molar-refractivity contribution < 1.29 is 9.53 Å². The molecule has 2 aromatic rings. The summed E-state index contributed by atoms with van der Waals surface area (Å²) < 4.78 is 5.08. The van der Waals surface area contributed by atoms with Crippen LogP contribution in [0.15, 0.2) is 29.3 Å². The fourth-order valence-electron chi connectivity index (χ4n) is 3.60. The van der Waals surface area contributed by atoms with Crippen molar-refractivity contribution in [3.8, 4) is 0 Å². The Balaban J connectivity index is 1.53. The maximum atomic E-state index is 11.8. The molecular formula is C20H29N5O2. The number of carbonyl (C=O) groups is 1. The standard InChI is InChI=1S/C20H29N5O2/c1-4-27-20(26)25-13-11-24(12-14-25)19(21-3)22-10-9-16-15(2)23-18-8-6-5-7-17(16)18/h5-8,23H,4,9-14H2,1-3H3,(H,21,22). The number of fused-ring (bicyclic) bond motifs is 1. The smallest absolute Gasteiger partial charge is 0.409 e. The maximum absolute atomic E-state index is 11.8. The molecule has 2 heterocycles. The Kier molecular flexibility index (Phi) is 6.21. The minimum Gasteiger partial charge on any atom is -0.450 e. The number of benzene rings is 1. The molecule has 3 rings (SSSR count). The van der Waals surface area contributed by atoms with E-state index in [0.717, 1.165) is 32.0 Å². The third-order valence-corrected chi connectivity index (χ3v) is 5.00. The monoisotopic (exact) mass is 371 g/mol. The van der Waals surface area contributed by atoms with Gasteiger partial charge in [-0.25, -0.2) is 4.79 Å². The molecule has 0 spiro atoms. The summed E-state index contributed by atoms with van der Waals surface area (Å²) in [5.74, 6) is 0.885. The first-order valence-electron chi connectivity index (χ1n) is 9.57. The highest BCUT2D eigenvalue weighted by atomic mass is 16.6. The average Bonchev–Trinajstić information content (AvgIpc) is 3.01. The molecule has 2 N–H and O–H groups in total. The second kappa shape index (κ2) is 8.79. The van der Waals surface area contributed by atoms with Crippen LogP contribution >= 0.6 is 0 Å². The van der Waals surface area contributed by atoms with Crippen molar-refractivity contribution in [1.82, 2.24) is 20.1 Å². The normalized spacial score (nSPS) is 15.3. The highest BCUT2D eigenvalue weighted by molar-refractivity contribution is 5.85. The molecule has 0 saturated carbocycles. The number of amides is 1. The highest BCUT2D eigenvalue weighted by Crippen LogP contribution is 2.21. The Morgan fingerprint density at radius 3 is 2.63 bits per heavy atom. The predicted molar refractivity (Wildman–Crippen MR) is 108 cm³/mol. The van der Waals surface area contributed by atoms with Gasteiger partial charge in [0.1, 0.15) is 0 Å². The van der Waals surface area contributed by atoms with Gasteiger partial charge in [-0.15, -0.1) is 0 Å². The van der Waals surface area contributed by atoms with Gasteiger partial charge < -0.3 is 24.8 Å². The van der Waals surface area contributed by atoms with Crippen molar-refractivity contribution in [3.63, 3.8) is 0 Å². The molecule has 146 valence electrons. The lowest BCUT2D eigenvalue weighted by Crippen LogP contribution is -2.54. The summed E-state index contributed by atoms with van der Waals surface area (Å²) in [5.41, 5.74) is 3.75. The molecule has 0 bridgehead atoms. The lowest BCUT2D eigenvalue weighted by Gasteiger charge is -2.35. The number of aliphatic imine (C=N–C) groups is 1. The van der Waals surface area contributed by atoms with E-state index in [1.54, 1.807) is 11.9 Å². The van der Waals surface area contributed by atoms with Crippen molar-refractivity contribution in [2.75, 3.05) is 46.4 Å². The van der Waals surface area contributed by atoms with Gasteiger partial charge in [-0.05, 0) is 31.9 Å². The van der Waals surface area contributed by atoms with Crippen LogP contribution in [-0.2, 0) is 11.2 Å². The van der Waals surface area contributed by atoms with E-state index >= 15 is 0 Å². The molecule has 1 aromatic heterocycles. The van der Waals surface area contributed by atoms with Crippen LogP contribution in [0.4, 0.5) is 4.79 Å². The number of piperazine rings is 1. The number of aromatic nitrogens is 1. The van der Waals surface area contributed by atoms with E-state index in [2.05, 4.69) is 51.4 Å². The van der Waals surface area contributed by atoms with Gasteiger partial charge in [-0.2, -0.15) is 0 Å². The molecule has 1 fully saturated rings. The summed E-state index contributed by atoms with van der Waals surface area (Å²) in [6.07, 6.45) is 0.701. The molecule has 0 atom stereocenters. The zero-order valence-corrected chi connectivity index (χ0v) is 16.4. The summed E-state index contributed by atoms with van der Waals surface area (Å²) in [6, 6.07) is 8.41. The molecule has 1 aromatic carbocycles. The van der Waals surface area contributed by atoms with Crippen LogP contribution in [0.25, 0.3) is 10.9 Å². The van der Waals surface area contributed by atoms with E-state index in [1.807, 2.05) is 6.92 Å². The zero-order chi connectivity index (χ0) is 19.2. The molecule has 1 aliphatic rings. The molecule has 27 heavy (non-hydrogen) atoms. The summed E-state index contributed by atoms with van der Waals surface area (Å²) in [7, 11) is 1.80. The molecule has 7 heteroatoms. The first-order valence-corrected chi connectivity index (χ1v) is 9.57. The molecular weight excluding hydrogens is 342 g/mol. The van der Waals surface area contributed by atoms with Gasteiger partial charge >= 0.3 is 6.09 Å². The van der Waals surface area contributed by atoms with Gasteiger partial charge in [-0.3, -0.25) is 4.99 Å². The van der Waals surface area contributed by atoms with Crippen LogP contribution < -0.4 is 5.32 Å². The molecule has 0 radical (unpaired) electrons. The summed E-state index contributed by atoms with van der Waals surface area (Å²) in [5, 5.41) is 4.75. The number of rotatable bonds is 4. The van der Waals surface area contributed by atoms with E-state index in [9.17, 15) is 4.79 Å². The van der Waals surface area contributed by atoms with Gasteiger partial charge in [-0.1, -0.05) is 18.2 Å². The summed E-state index contributed by atoms with van der Waals surface area (Å²) in [6.45, 7) is 7.99. The Labute approximate surface area is 160 Å². The lowest BCUT2D eigenvalue weighted by atomic mass is 10.1. The average molecular weight is 371 g/mol. The molecule has 1 aliphatic heterocycles. The van der Waals surface area contributed by atoms with Gasteiger partial charge in [0.05, 0.1) is 6.61 Å². The maximum Gasteiger partial charge on any atom is 0.409 e. The third-order valence-electron chi connectivity index (χ3n) is 5.00. The number of hydrogen-bond donors (Lipinski definition) is 2. The number of H-pyrrole nitrogens is 1. The first kappa shape index (κ1) is 19.1. The Morgan fingerprint density at radius 1 is 1.22 bits per heavy atom. The Bertz CT molecular complexity index is 806. The van der Waals surface area contributed by atoms with E-state index in [0.29, 0.717) is 19.7 Å². The Hall–Kier alpha value is -2.70. The van der Waals surface area contributed by atoms with E-state index < -0.39 is 0 Å². The summed E-state index contributed by atoms with van der Waals surface area (Å²) in [4.78, 5) is 23.6. The number of para-hydroxylation sites is 1. The number of hydrogen-bond acceptors (Lipinski definition) is 3. The zero-order valence-electron chi connectivity index (χ0n) is 16.4. The number of carbonyl (C=O) groups excluding carboxylic acids is 1. The number of ether oxygens (including phenoxy) is 1. The number of aromatic amines is 1. The lowest BCUT2D eigenvalue weighted by molar-refractivity contribution is 0.0915.